The number of carbonyl (C=O) groups excluding carboxylic acids is 1. The molecule has 0 aliphatic carbocycles. The molecule has 37 heavy (non-hydrogen) atoms. The molecular formula is C27H23N7O3. The van der Waals surface area contributed by atoms with Crippen LogP contribution in [0.3, 0.4) is 0 Å². The molecule has 0 unspecified atom stereocenters. The molecule has 5 aromatic rings. The Morgan fingerprint density at radius 2 is 1.70 bits per heavy atom. The van der Waals surface area contributed by atoms with E-state index in [4.69, 9.17) is 14.6 Å². The predicted molar refractivity (Wildman–Crippen MR) is 139 cm³/mol. The number of hydrogen-bond donors (Lipinski definition) is 1. The Kier molecular flexibility index (Phi) is 6.71. The average molecular weight is 494 g/mol. The van der Waals surface area contributed by atoms with Crippen LogP contribution in [0.15, 0.2) is 91.4 Å². The Balaban J connectivity index is 1.44. The number of anilines is 1. The van der Waals surface area contributed by atoms with E-state index in [-0.39, 0.29) is 5.91 Å². The zero-order valence-electron chi connectivity index (χ0n) is 20.1. The number of tetrazole rings is 1. The highest BCUT2D eigenvalue weighted by Crippen LogP contribution is 2.33. The minimum Gasteiger partial charge on any atom is -0.493 e. The second-order valence-corrected chi connectivity index (χ2v) is 7.91. The van der Waals surface area contributed by atoms with E-state index in [2.05, 4.69) is 20.8 Å². The van der Waals surface area contributed by atoms with Crippen molar-refractivity contribution < 1.29 is 14.3 Å². The van der Waals surface area contributed by atoms with E-state index in [0.29, 0.717) is 22.9 Å². The number of nitrogens with one attached hydrogen (secondary N) is 1. The first-order valence-corrected chi connectivity index (χ1v) is 11.3. The molecule has 2 aromatic heterocycles. The van der Waals surface area contributed by atoms with E-state index in [1.165, 1.54) is 17.1 Å². The molecule has 0 saturated heterocycles. The highest BCUT2D eigenvalue weighted by Gasteiger charge is 2.14. The summed E-state index contributed by atoms with van der Waals surface area (Å²) in [6.45, 7) is 0. The van der Waals surface area contributed by atoms with Gasteiger partial charge in [0.15, 0.2) is 11.5 Å². The Morgan fingerprint density at radius 1 is 0.892 bits per heavy atom. The van der Waals surface area contributed by atoms with E-state index in [1.807, 2.05) is 66.9 Å². The molecule has 0 saturated carbocycles. The molecule has 0 radical (unpaired) electrons. The Bertz CT molecular complexity index is 1540. The van der Waals surface area contributed by atoms with E-state index in [1.54, 1.807) is 37.1 Å². The van der Waals surface area contributed by atoms with Gasteiger partial charge >= 0.3 is 0 Å². The van der Waals surface area contributed by atoms with Crippen molar-refractivity contribution in [3.05, 3.63) is 97.0 Å². The number of benzene rings is 3. The van der Waals surface area contributed by atoms with Crippen LogP contribution in [-0.2, 0) is 4.79 Å². The number of nitrogens with zero attached hydrogens (tertiary/aromatic N) is 6. The number of para-hydroxylation sites is 1. The lowest BCUT2D eigenvalue weighted by Gasteiger charge is -2.09. The van der Waals surface area contributed by atoms with Crippen molar-refractivity contribution in [3.63, 3.8) is 0 Å². The molecule has 1 N–H and O–H groups in total. The maximum Gasteiger partial charge on any atom is 0.248 e. The van der Waals surface area contributed by atoms with Gasteiger partial charge in [-0.15, -0.1) is 5.10 Å². The highest BCUT2D eigenvalue weighted by molar-refractivity contribution is 6.02. The Hall–Kier alpha value is -5.25. The molecule has 1 amide bonds. The van der Waals surface area contributed by atoms with Gasteiger partial charge in [0.25, 0.3) is 0 Å². The van der Waals surface area contributed by atoms with Crippen LogP contribution in [0.4, 0.5) is 5.69 Å². The molecule has 10 nitrogen and oxygen atoms in total. The zero-order valence-corrected chi connectivity index (χ0v) is 20.1. The van der Waals surface area contributed by atoms with Gasteiger partial charge in [-0.05, 0) is 65.0 Å². The van der Waals surface area contributed by atoms with Crippen molar-refractivity contribution in [2.24, 2.45) is 0 Å². The van der Waals surface area contributed by atoms with Gasteiger partial charge in [0.2, 0.25) is 5.91 Å². The molecule has 0 aliphatic heterocycles. The van der Waals surface area contributed by atoms with Gasteiger partial charge in [-0.3, -0.25) is 4.79 Å². The maximum absolute atomic E-state index is 12.8. The largest absolute Gasteiger partial charge is 0.493 e. The topological polar surface area (TPSA) is 109 Å². The summed E-state index contributed by atoms with van der Waals surface area (Å²) in [6, 6.07) is 22.6. The smallest absolute Gasteiger partial charge is 0.248 e. The molecule has 0 atom stereocenters. The summed E-state index contributed by atoms with van der Waals surface area (Å²) in [4.78, 5) is 12.8. The maximum atomic E-state index is 12.8. The predicted octanol–water partition coefficient (Wildman–Crippen LogP) is 4.18. The van der Waals surface area contributed by atoms with Crippen molar-refractivity contribution in [3.8, 4) is 34.1 Å². The number of amides is 1. The fourth-order valence-corrected chi connectivity index (χ4v) is 3.79. The van der Waals surface area contributed by atoms with Crippen LogP contribution in [-0.4, -0.2) is 50.1 Å². The number of carbonyl (C=O) groups is 1. The van der Waals surface area contributed by atoms with Crippen LogP contribution in [0.25, 0.3) is 28.7 Å². The highest BCUT2D eigenvalue weighted by atomic mass is 16.5. The van der Waals surface area contributed by atoms with E-state index in [0.717, 1.165) is 22.5 Å². The number of methoxy groups -OCH3 is 2. The van der Waals surface area contributed by atoms with Crippen LogP contribution in [0.2, 0.25) is 0 Å². The van der Waals surface area contributed by atoms with Crippen LogP contribution in [0, 0.1) is 0 Å². The van der Waals surface area contributed by atoms with Gasteiger partial charge in [-0.25, -0.2) is 9.36 Å². The number of rotatable bonds is 8. The van der Waals surface area contributed by atoms with Crippen molar-refractivity contribution in [1.82, 2.24) is 30.0 Å². The van der Waals surface area contributed by atoms with E-state index < -0.39 is 0 Å². The monoisotopic (exact) mass is 493 g/mol. The Labute approximate surface area is 212 Å². The zero-order chi connectivity index (χ0) is 25.6. The van der Waals surface area contributed by atoms with Gasteiger partial charge in [-0.2, -0.15) is 5.10 Å². The second-order valence-electron chi connectivity index (χ2n) is 7.91. The lowest BCUT2D eigenvalue weighted by molar-refractivity contribution is -0.111. The first kappa shape index (κ1) is 23.5. The first-order valence-electron chi connectivity index (χ1n) is 11.3. The van der Waals surface area contributed by atoms with E-state index in [9.17, 15) is 4.79 Å². The van der Waals surface area contributed by atoms with Crippen molar-refractivity contribution in [1.29, 1.82) is 0 Å². The molecule has 0 spiro atoms. The molecule has 0 bridgehead atoms. The molecular weight excluding hydrogens is 470 g/mol. The number of ether oxygens (including phenoxy) is 2. The standard InChI is InChI=1S/C27H23N7O3/c1-36-24-13-11-19(15-25(24)37-2)27-20(17-33(30-27)22-8-4-3-5-9-22)12-14-26(35)29-21-7-6-10-23(16-21)34-18-28-31-32-34/h3-18H,1-2H3,(H,29,35)/b14-12+. The van der Waals surface area contributed by atoms with Crippen molar-refractivity contribution in [2.75, 3.05) is 19.5 Å². The SMILES string of the molecule is COc1ccc(-c2nn(-c3ccccc3)cc2/C=C/C(=O)Nc2cccc(-n3cnnn3)c2)cc1OC. The fraction of sp³-hybridized carbons (Fsp3) is 0.0741. The third-order valence-corrected chi connectivity index (χ3v) is 5.56. The molecule has 2 heterocycles. The van der Waals surface area contributed by atoms with Crippen LogP contribution in [0.1, 0.15) is 5.56 Å². The Morgan fingerprint density at radius 3 is 2.46 bits per heavy atom. The lowest BCUT2D eigenvalue weighted by atomic mass is 10.1. The van der Waals surface area contributed by atoms with Gasteiger partial charge in [0.05, 0.1) is 25.6 Å². The minimum atomic E-state index is -0.292. The average Bonchev–Trinajstić information content (AvgIpc) is 3.63. The third kappa shape index (κ3) is 5.22. The lowest BCUT2D eigenvalue weighted by Crippen LogP contribution is -2.08. The van der Waals surface area contributed by atoms with Crippen LogP contribution >= 0.6 is 0 Å². The summed E-state index contributed by atoms with van der Waals surface area (Å²) in [5, 5.41) is 18.8. The normalized spacial score (nSPS) is 11.0. The molecule has 3 aromatic carbocycles. The van der Waals surface area contributed by atoms with Crippen LogP contribution < -0.4 is 14.8 Å². The van der Waals surface area contributed by atoms with Crippen LogP contribution in [0.5, 0.6) is 11.5 Å². The summed E-state index contributed by atoms with van der Waals surface area (Å²) in [6.07, 6.45) is 6.57. The molecule has 10 heteroatoms. The molecule has 184 valence electrons. The summed E-state index contributed by atoms with van der Waals surface area (Å²) in [5.74, 6) is 0.915. The van der Waals surface area contributed by atoms with E-state index >= 15 is 0 Å². The van der Waals surface area contributed by atoms with Gasteiger partial charge < -0.3 is 14.8 Å². The minimum absolute atomic E-state index is 0.292. The summed E-state index contributed by atoms with van der Waals surface area (Å²) < 4.78 is 14.1. The summed E-state index contributed by atoms with van der Waals surface area (Å²) in [5.41, 5.74) is 4.51. The quantitative estimate of drug-likeness (QED) is 0.323. The third-order valence-electron chi connectivity index (χ3n) is 5.56. The molecule has 0 aliphatic rings. The van der Waals surface area contributed by atoms with Gasteiger partial charge in [-0.1, -0.05) is 24.3 Å². The number of aromatic nitrogens is 6. The molecule has 0 fully saturated rings. The molecule has 5 rings (SSSR count). The van der Waals surface area contributed by atoms with Crippen molar-refractivity contribution >= 4 is 17.7 Å². The van der Waals surface area contributed by atoms with Crippen molar-refractivity contribution in [2.45, 2.75) is 0 Å². The van der Waals surface area contributed by atoms with Gasteiger partial charge in [0.1, 0.15) is 12.0 Å². The first-order chi connectivity index (χ1) is 18.1. The number of hydrogen-bond acceptors (Lipinski definition) is 7. The fourth-order valence-electron chi connectivity index (χ4n) is 3.79. The summed E-state index contributed by atoms with van der Waals surface area (Å²) in [7, 11) is 3.18. The second kappa shape index (κ2) is 10.6. The summed E-state index contributed by atoms with van der Waals surface area (Å²) >= 11 is 0. The van der Waals surface area contributed by atoms with Gasteiger partial charge in [0, 0.05) is 29.1 Å².